The van der Waals surface area contributed by atoms with E-state index < -0.39 is 10.0 Å². The van der Waals surface area contributed by atoms with E-state index >= 15 is 0 Å². The number of sulfonamides is 1. The van der Waals surface area contributed by atoms with Crippen molar-refractivity contribution in [1.82, 2.24) is 0 Å². The van der Waals surface area contributed by atoms with Crippen LogP contribution in [0.3, 0.4) is 0 Å². The zero-order valence-electron chi connectivity index (χ0n) is 15.5. The van der Waals surface area contributed by atoms with Gasteiger partial charge < -0.3 is 0 Å². The van der Waals surface area contributed by atoms with Crippen molar-refractivity contribution < 1.29 is 8.42 Å². The molecule has 2 atom stereocenters. The maximum absolute atomic E-state index is 13.4. The van der Waals surface area contributed by atoms with Crippen LogP contribution in [0, 0.1) is 6.92 Å². The highest BCUT2D eigenvalue weighted by Crippen LogP contribution is 2.44. The fourth-order valence-electron chi connectivity index (χ4n) is 4.03. The van der Waals surface area contributed by atoms with Crippen molar-refractivity contribution in [2.75, 3.05) is 4.31 Å². The Balaban J connectivity index is 1.88. The van der Waals surface area contributed by atoms with E-state index in [1.54, 1.807) is 28.6 Å². The van der Waals surface area contributed by atoms with Crippen molar-refractivity contribution in [2.24, 2.45) is 0 Å². The predicted molar refractivity (Wildman–Crippen MR) is 110 cm³/mol. The Bertz CT molecular complexity index is 1050. The summed E-state index contributed by atoms with van der Waals surface area (Å²) in [7, 11) is -3.61. The van der Waals surface area contributed by atoms with Crippen LogP contribution in [0.1, 0.15) is 36.0 Å². The Morgan fingerprint density at radius 2 is 1.52 bits per heavy atom. The first-order chi connectivity index (χ1) is 13.0. The molecule has 0 saturated carbocycles. The van der Waals surface area contributed by atoms with E-state index in [9.17, 15) is 8.42 Å². The first-order valence-electron chi connectivity index (χ1n) is 9.23. The third kappa shape index (κ3) is 3.15. The maximum Gasteiger partial charge on any atom is 0.264 e. The maximum atomic E-state index is 13.4. The second kappa shape index (κ2) is 6.86. The van der Waals surface area contributed by atoms with Gasteiger partial charge in [-0.3, -0.25) is 4.31 Å². The molecule has 0 amide bonds. The molecule has 4 heteroatoms. The van der Waals surface area contributed by atoms with E-state index in [0.29, 0.717) is 4.90 Å². The Morgan fingerprint density at radius 3 is 2.19 bits per heavy atom. The van der Waals surface area contributed by atoms with Gasteiger partial charge in [-0.15, -0.1) is 0 Å². The fraction of sp³-hybridized carbons (Fsp3) is 0.217. The van der Waals surface area contributed by atoms with Gasteiger partial charge in [-0.25, -0.2) is 8.42 Å². The highest BCUT2D eigenvalue weighted by atomic mass is 32.2. The van der Waals surface area contributed by atoms with E-state index in [1.165, 1.54) is 5.56 Å². The van der Waals surface area contributed by atoms with Gasteiger partial charge in [-0.2, -0.15) is 0 Å². The van der Waals surface area contributed by atoms with Crippen LogP contribution in [0.2, 0.25) is 0 Å². The largest absolute Gasteiger partial charge is 0.264 e. The van der Waals surface area contributed by atoms with Gasteiger partial charge in [-0.05, 0) is 49.6 Å². The smallest absolute Gasteiger partial charge is 0.263 e. The molecule has 138 valence electrons. The number of hydrogen-bond acceptors (Lipinski definition) is 2. The van der Waals surface area contributed by atoms with Crippen molar-refractivity contribution in [1.29, 1.82) is 0 Å². The van der Waals surface area contributed by atoms with Crippen molar-refractivity contribution in [2.45, 2.75) is 37.1 Å². The van der Waals surface area contributed by atoms with Gasteiger partial charge in [0.1, 0.15) is 0 Å². The first kappa shape index (κ1) is 17.8. The van der Waals surface area contributed by atoms with Gasteiger partial charge in [0, 0.05) is 12.0 Å². The Hall–Kier alpha value is -2.59. The number of fused-ring (bicyclic) bond motifs is 1. The minimum Gasteiger partial charge on any atom is -0.263 e. The lowest BCUT2D eigenvalue weighted by atomic mass is 9.82. The van der Waals surface area contributed by atoms with Crippen LogP contribution in [-0.4, -0.2) is 14.5 Å². The molecule has 3 aromatic carbocycles. The van der Waals surface area contributed by atoms with Crippen molar-refractivity contribution in [3.05, 3.63) is 95.6 Å². The molecular weight excluding hydrogens is 354 g/mol. The number of benzene rings is 3. The van der Waals surface area contributed by atoms with Crippen LogP contribution >= 0.6 is 0 Å². The molecular formula is C23H23NO2S. The van der Waals surface area contributed by atoms with Gasteiger partial charge in [-0.1, -0.05) is 66.2 Å². The van der Waals surface area contributed by atoms with Crippen LogP contribution in [0.15, 0.2) is 83.8 Å². The van der Waals surface area contributed by atoms with Gasteiger partial charge >= 0.3 is 0 Å². The Labute approximate surface area is 161 Å². The summed E-state index contributed by atoms with van der Waals surface area (Å²) in [6, 6.07) is 25.0. The molecule has 0 aromatic heterocycles. The summed E-state index contributed by atoms with van der Waals surface area (Å²) in [5.74, 6) is 0.193. The number of rotatable bonds is 3. The van der Waals surface area contributed by atoms with E-state index in [2.05, 4.69) is 25.1 Å². The minimum absolute atomic E-state index is 0.129. The van der Waals surface area contributed by atoms with Crippen LogP contribution < -0.4 is 4.31 Å². The zero-order valence-corrected chi connectivity index (χ0v) is 16.4. The topological polar surface area (TPSA) is 37.4 Å². The summed E-state index contributed by atoms with van der Waals surface area (Å²) in [6.45, 7) is 4.05. The van der Waals surface area contributed by atoms with Gasteiger partial charge in [0.05, 0.1) is 10.6 Å². The van der Waals surface area contributed by atoms with E-state index in [0.717, 1.165) is 23.2 Å². The lowest BCUT2D eigenvalue weighted by Gasteiger charge is -2.40. The molecule has 3 aromatic rings. The second-order valence-corrected chi connectivity index (χ2v) is 9.04. The molecule has 0 bridgehead atoms. The van der Waals surface area contributed by atoms with Gasteiger partial charge in [0.2, 0.25) is 0 Å². The molecule has 1 aliphatic rings. The number of anilines is 1. The third-order valence-corrected chi connectivity index (χ3v) is 7.22. The Morgan fingerprint density at radius 1 is 0.889 bits per heavy atom. The molecule has 0 saturated heterocycles. The first-order valence-corrected chi connectivity index (χ1v) is 10.7. The summed E-state index contributed by atoms with van der Waals surface area (Å²) in [4.78, 5) is 0.335. The van der Waals surface area contributed by atoms with E-state index in [1.807, 2.05) is 43.3 Å². The molecule has 3 nitrogen and oxygen atoms in total. The lowest BCUT2D eigenvalue weighted by molar-refractivity contribution is 0.543. The highest BCUT2D eigenvalue weighted by molar-refractivity contribution is 7.92. The minimum atomic E-state index is -3.61. The molecule has 1 aliphatic heterocycles. The molecule has 27 heavy (non-hydrogen) atoms. The number of hydrogen-bond donors (Lipinski definition) is 0. The quantitative estimate of drug-likeness (QED) is 0.636. The van der Waals surface area contributed by atoms with Crippen LogP contribution in [-0.2, 0) is 10.0 Å². The van der Waals surface area contributed by atoms with Crippen molar-refractivity contribution in [3.63, 3.8) is 0 Å². The summed E-state index contributed by atoms with van der Waals surface area (Å²) < 4.78 is 28.4. The fourth-order valence-corrected chi connectivity index (χ4v) is 5.74. The van der Waals surface area contributed by atoms with E-state index in [-0.39, 0.29) is 12.0 Å². The molecule has 0 radical (unpaired) electrons. The summed E-state index contributed by atoms with van der Waals surface area (Å²) >= 11 is 0. The molecule has 4 rings (SSSR count). The lowest BCUT2D eigenvalue weighted by Crippen LogP contribution is -2.43. The standard InChI is InChI=1S/C23H23NO2S/c1-17-13-14-23-22(15-17)21(19-9-5-3-6-10-19)16-18(2)24(23)27(25,26)20-11-7-4-8-12-20/h3-15,18,21H,16H2,1-2H3/t18-,21+/m0/s1. The zero-order chi connectivity index (χ0) is 19.0. The predicted octanol–water partition coefficient (Wildman–Crippen LogP) is 5.11. The van der Waals surface area contributed by atoms with E-state index in [4.69, 9.17) is 0 Å². The molecule has 0 N–H and O–H groups in total. The number of aryl methyl sites for hydroxylation is 1. The third-order valence-electron chi connectivity index (χ3n) is 5.27. The Kier molecular flexibility index (Phi) is 4.52. The van der Waals surface area contributed by atoms with Gasteiger partial charge in [0.15, 0.2) is 0 Å². The van der Waals surface area contributed by atoms with Crippen LogP contribution in [0.25, 0.3) is 0 Å². The average Bonchev–Trinajstić information content (AvgIpc) is 2.69. The molecule has 1 heterocycles. The van der Waals surface area contributed by atoms with Crippen LogP contribution in [0.4, 0.5) is 5.69 Å². The SMILES string of the molecule is Cc1ccc2c(c1)[C@@H](c1ccccc1)C[C@H](C)N2S(=O)(=O)c1ccccc1. The second-order valence-electron chi connectivity index (χ2n) is 7.22. The molecule has 0 spiro atoms. The van der Waals surface area contributed by atoms with Crippen LogP contribution in [0.5, 0.6) is 0 Å². The monoisotopic (exact) mass is 377 g/mol. The molecule has 0 unspecified atom stereocenters. The summed E-state index contributed by atoms with van der Waals surface area (Å²) in [5, 5.41) is 0. The summed E-state index contributed by atoms with van der Waals surface area (Å²) in [6.07, 6.45) is 0.756. The number of nitrogens with zero attached hydrogens (tertiary/aromatic N) is 1. The van der Waals surface area contributed by atoms with Crippen molar-refractivity contribution >= 4 is 15.7 Å². The normalized spacial score (nSPS) is 19.6. The van der Waals surface area contributed by atoms with Crippen molar-refractivity contribution in [3.8, 4) is 0 Å². The average molecular weight is 378 g/mol. The van der Waals surface area contributed by atoms with Gasteiger partial charge in [0.25, 0.3) is 10.0 Å². The highest BCUT2D eigenvalue weighted by Gasteiger charge is 2.38. The molecule has 0 fully saturated rings. The summed E-state index contributed by atoms with van der Waals surface area (Å²) in [5.41, 5.74) is 4.24. The molecule has 0 aliphatic carbocycles.